The van der Waals surface area contributed by atoms with Crippen LogP contribution in [0.4, 0.5) is 13.2 Å². The molecule has 0 spiro atoms. The van der Waals surface area contributed by atoms with Crippen LogP contribution in [0.3, 0.4) is 0 Å². The Morgan fingerprint density at radius 3 is 2.33 bits per heavy atom. The highest BCUT2D eigenvalue weighted by Gasteiger charge is 2.32. The van der Waals surface area contributed by atoms with Crippen LogP contribution in [0.15, 0.2) is 53.6 Å². The maximum absolute atomic E-state index is 13.0. The van der Waals surface area contributed by atoms with E-state index in [2.05, 4.69) is 15.4 Å². The Balaban J connectivity index is 1.43. The first kappa shape index (κ1) is 22.3. The lowest BCUT2D eigenvalue weighted by atomic mass is 10.1. The van der Waals surface area contributed by atoms with Crippen LogP contribution in [0, 0.1) is 0 Å². The Labute approximate surface area is 178 Å². The second kappa shape index (κ2) is 10.1. The van der Waals surface area contributed by atoms with Gasteiger partial charge in [0.2, 0.25) is 0 Å². The van der Waals surface area contributed by atoms with E-state index in [0.717, 1.165) is 45.0 Å². The number of carbonyl (C=O) groups is 1. The lowest BCUT2D eigenvalue weighted by Crippen LogP contribution is -2.48. The third-order valence-corrected chi connectivity index (χ3v) is 5.06. The van der Waals surface area contributed by atoms with E-state index < -0.39 is 11.7 Å². The number of hydrogen-bond donors (Lipinski definition) is 1. The molecule has 5 nitrogen and oxygen atoms in total. The number of amides is 1. The van der Waals surface area contributed by atoms with Crippen LogP contribution in [0.1, 0.15) is 16.7 Å². The number of hydrazone groups is 1. The molecule has 2 aromatic carbocycles. The summed E-state index contributed by atoms with van der Waals surface area (Å²) in [7, 11) is 0. The van der Waals surface area contributed by atoms with Gasteiger partial charge in [-0.1, -0.05) is 41.9 Å². The normalized spacial score (nSPS) is 16.1. The van der Waals surface area contributed by atoms with Crippen molar-refractivity contribution in [3.63, 3.8) is 0 Å². The molecule has 0 unspecified atom stereocenters. The number of nitrogens with zero attached hydrogens (tertiary/aromatic N) is 3. The number of hydrogen-bond acceptors (Lipinski definition) is 4. The first-order valence-electron chi connectivity index (χ1n) is 9.48. The topological polar surface area (TPSA) is 47.9 Å². The zero-order valence-electron chi connectivity index (χ0n) is 16.2. The van der Waals surface area contributed by atoms with Crippen LogP contribution in [-0.4, -0.2) is 54.6 Å². The minimum absolute atomic E-state index is 0.0962. The van der Waals surface area contributed by atoms with E-state index in [1.54, 1.807) is 0 Å². The molecule has 3 rings (SSSR count). The van der Waals surface area contributed by atoms with Crippen molar-refractivity contribution < 1.29 is 18.0 Å². The molecule has 1 aliphatic rings. The van der Waals surface area contributed by atoms with Crippen LogP contribution in [0.25, 0.3) is 0 Å². The fourth-order valence-electron chi connectivity index (χ4n) is 3.23. The van der Waals surface area contributed by atoms with E-state index >= 15 is 0 Å². The van der Waals surface area contributed by atoms with Gasteiger partial charge in [0.25, 0.3) is 5.91 Å². The molecule has 30 heavy (non-hydrogen) atoms. The monoisotopic (exact) mass is 438 g/mol. The van der Waals surface area contributed by atoms with E-state index in [1.165, 1.54) is 23.8 Å². The Hall–Kier alpha value is -2.42. The van der Waals surface area contributed by atoms with Gasteiger partial charge in [-0.05, 0) is 23.8 Å². The van der Waals surface area contributed by atoms with E-state index in [0.29, 0.717) is 5.02 Å². The SMILES string of the molecule is O=C(CN1CCN(Cc2ccc(Cl)cc2)CC1)N/N=C\c1ccccc1C(F)(F)F. The number of carbonyl (C=O) groups excluding carboxylic acids is 1. The van der Waals surface area contributed by atoms with Gasteiger partial charge in [-0.3, -0.25) is 14.6 Å². The molecule has 1 fully saturated rings. The van der Waals surface area contributed by atoms with Gasteiger partial charge >= 0.3 is 6.18 Å². The van der Waals surface area contributed by atoms with Gasteiger partial charge in [-0.15, -0.1) is 0 Å². The first-order chi connectivity index (χ1) is 14.3. The molecule has 2 aromatic rings. The number of alkyl halides is 3. The average Bonchev–Trinajstić information content (AvgIpc) is 2.71. The number of halogens is 4. The third kappa shape index (κ3) is 6.55. The smallest absolute Gasteiger partial charge is 0.297 e. The van der Waals surface area contributed by atoms with Crippen molar-refractivity contribution in [3.8, 4) is 0 Å². The predicted octanol–water partition coefficient (Wildman–Crippen LogP) is 3.63. The van der Waals surface area contributed by atoms with Crippen molar-refractivity contribution in [1.82, 2.24) is 15.2 Å². The van der Waals surface area contributed by atoms with Crippen LogP contribution < -0.4 is 5.43 Å². The van der Waals surface area contributed by atoms with Crippen LogP contribution in [0.5, 0.6) is 0 Å². The molecule has 0 saturated carbocycles. The lowest BCUT2D eigenvalue weighted by Gasteiger charge is -2.34. The molecular formula is C21H22ClF3N4O. The van der Waals surface area contributed by atoms with Crippen molar-refractivity contribution in [2.75, 3.05) is 32.7 Å². The quantitative estimate of drug-likeness (QED) is 0.553. The number of benzene rings is 2. The Kier molecular flexibility index (Phi) is 7.47. The van der Waals surface area contributed by atoms with Crippen molar-refractivity contribution in [3.05, 3.63) is 70.2 Å². The Morgan fingerprint density at radius 2 is 1.67 bits per heavy atom. The standard InChI is InChI=1S/C21H22ClF3N4O/c22-18-7-5-16(6-8-18)14-28-9-11-29(12-10-28)15-20(30)27-26-13-17-3-1-2-4-19(17)21(23,24)25/h1-8,13H,9-12,14-15H2,(H,27,30)/b26-13-. The van der Waals surface area contributed by atoms with Gasteiger partial charge in [0, 0.05) is 43.3 Å². The largest absolute Gasteiger partial charge is 0.417 e. The van der Waals surface area contributed by atoms with E-state index in [9.17, 15) is 18.0 Å². The molecule has 0 bridgehead atoms. The second-order valence-electron chi connectivity index (χ2n) is 7.06. The molecule has 9 heteroatoms. The maximum atomic E-state index is 13.0. The molecule has 0 atom stereocenters. The summed E-state index contributed by atoms with van der Waals surface area (Å²) in [6.07, 6.45) is -3.46. The summed E-state index contributed by atoms with van der Waals surface area (Å²) in [5, 5.41) is 4.39. The molecule has 160 valence electrons. The van der Waals surface area contributed by atoms with Gasteiger partial charge in [-0.25, -0.2) is 5.43 Å². The van der Waals surface area contributed by atoms with Crippen molar-refractivity contribution in [2.45, 2.75) is 12.7 Å². The Morgan fingerprint density at radius 1 is 1.03 bits per heavy atom. The third-order valence-electron chi connectivity index (χ3n) is 4.81. The Bertz CT molecular complexity index is 879. The van der Waals surface area contributed by atoms with Crippen LogP contribution in [-0.2, 0) is 17.5 Å². The average molecular weight is 439 g/mol. The predicted molar refractivity (Wildman–Crippen MR) is 110 cm³/mol. The molecule has 0 aliphatic carbocycles. The molecule has 0 aromatic heterocycles. The fourth-order valence-corrected chi connectivity index (χ4v) is 3.36. The van der Waals surface area contributed by atoms with E-state index in [4.69, 9.17) is 11.6 Å². The number of nitrogens with one attached hydrogen (secondary N) is 1. The first-order valence-corrected chi connectivity index (χ1v) is 9.86. The summed E-state index contributed by atoms with van der Waals surface area (Å²) < 4.78 is 38.9. The van der Waals surface area contributed by atoms with Crippen LogP contribution in [0.2, 0.25) is 5.02 Å². The minimum Gasteiger partial charge on any atom is -0.297 e. The molecule has 1 aliphatic heterocycles. The minimum atomic E-state index is -4.47. The fraction of sp³-hybridized carbons (Fsp3) is 0.333. The molecule has 1 heterocycles. The summed E-state index contributed by atoms with van der Waals surface area (Å²) in [5.41, 5.74) is 2.60. The zero-order valence-corrected chi connectivity index (χ0v) is 17.0. The van der Waals surface area contributed by atoms with Gasteiger partial charge in [0.15, 0.2) is 0 Å². The van der Waals surface area contributed by atoms with Crippen molar-refractivity contribution in [2.24, 2.45) is 5.10 Å². The van der Waals surface area contributed by atoms with Gasteiger partial charge in [-0.2, -0.15) is 18.3 Å². The summed E-state index contributed by atoms with van der Waals surface area (Å²) >= 11 is 5.90. The van der Waals surface area contributed by atoms with Crippen molar-refractivity contribution >= 4 is 23.7 Å². The van der Waals surface area contributed by atoms with Gasteiger partial charge in [0.05, 0.1) is 18.3 Å². The molecule has 0 radical (unpaired) electrons. The van der Waals surface area contributed by atoms with E-state index in [1.807, 2.05) is 29.2 Å². The number of rotatable bonds is 6. The highest BCUT2D eigenvalue weighted by atomic mass is 35.5. The number of piperazine rings is 1. The molecule has 1 N–H and O–H groups in total. The maximum Gasteiger partial charge on any atom is 0.417 e. The molecule has 1 saturated heterocycles. The molecule has 1 amide bonds. The van der Waals surface area contributed by atoms with Crippen LogP contribution >= 0.6 is 11.6 Å². The van der Waals surface area contributed by atoms with Crippen molar-refractivity contribution in [1.29, 1.82) is 0 Å². The van der Waals surface area contributed by atoms with Gasteiger partial charge in [0.1, 0.15) is 0 Å². The second-order valence-corrected chi connectivity index (χ2v) is 7.49. The van der Waals surface area contributed by atoms with Gasteiger partial charge < -0.3 is 0 Å². The summed E-state index contributed by atoms with van der Waals surface area (Å²) in [4.78, 5) is 16.4. The highest BCUT2D eigenvalue weighted by Crippen LogP contribution is 2.31. The molecular weight excluding hydrogens is 417 g/mol. The zero-order chi connectivity index (χ0) is 21.6. The van der Waals surface area contributed by atoms with E-state index in [-0.39, 0.29) is 18.0 Å². The highest BCUT2D eigenvalue weighted by molar-refractivity contribution is 6.30. The summed E-state index contributed by atoms with van der Waals surface area (Å²) in [5.74, 6) is -0.359. The summed E-state index contributed by atoms with van der Waals surface area (Å²) in [6.45, 7) is 4.05. The lowest BCUT2D eigenvalue weighted by molar-refractivity contribution is -0.137. The summed E-state index contributed by atoms with van der Waals surface area (Å²) in [6, 6.07) is 12.8.